The third kappa shape index (κ3) is 3.09. The molecule has 0 aliphatic carbocycles. The molecule has 1 aliphatic rings. The number of carbonyl (C=O) groups excluding carboxylic acids is 1. The maximum Gasteiger partial charge on any atom is 0.260 e. The molecule has 7 nitrogen and oxygen atoms in total. The molecule has 0 aromatic carbocycles. The van der Waals surface area contributed by atoms with Crippen molar-refractivity contribution in [2.75, 3.05) is 29.0 Å². The number of rotatable bonds is 3. The molecule has 0 saturated carbocycles. The number of nitrogens with zero attached hydrogens (tertiary/aromatic N) is 3. The standard InChI is InChI=1S/C18H20N6OS/c19-11-3-2-8-24(10-11)13-5-7-21-9-12(13)23-18(25)15-16-14(26-17(15)20)4-1-6-22-16/h1,4-7,9,11H,2-3,8,10,19-20H2,(H,23,25). The Balaban J connectivity index is 1.65. The molecular formula is C18H20N6OS. The van der Waals surface area contributed by atoms with E-state index < -0.39 is 0 Å². The number of hydrogen-bond acceptors (Lipinski definition) is 7. The average Bonchev–Trinajstić information content (AvgIpc) is 2.98. The van der Waals surface area contributed by atoms with Crippen LogP contribution < -0.4 is 21.7 Å². The van der Waals surface area contributed by atoms with E-state index in [0.29, 0.717) is 21.8 Å². The van der Waals surface area contributed by atoms with E-state index in [9.17, 15) is 4.79 Å². The van der Waals surface area contributed by atoms with E-state index in [1.54, 1.807) is 18.6 Å². The summed E-state index contributed by atoms with van der Waals surface area (Å²) in [5.41, 5.74) is 14.8. The highest BCUT2D eigenvalue weighted by Gasteiger charge is 2.22. The van der Waals surface area contributed by atoms with Gasteiger partial charge in [-0.1, -0.05) is 0 Å². The number of nitrogens with one attached hydrogen (secondary N) is 1. The number of aromatic nitrogens is 2. The molecular weight excluding hydrogens is 348 g/mol. The van der Waals surface area contributed by atoms with E-state index >= 15 is 0 Å². The van der Waals surface area contributed by atoms with E-state index in [0.717, 1.165) is 36.3 Å². The molecule has 1 fully saturated rings. The number of pyridine rings is 2. The number of hydrogen-bond donors (Lipinski definition) is 3. The van der Waals surface area contributed by atoms with E-state index in [2.05, 4.69) is 20.2 Å². The zero-order chi connectivity index (χ0) is 18.1. The van der Waals surface area contributed by atoms with Gasteiger partial charge < -0.3 is 21.7 Å². The predicted molar refractivity (Wildman–Crippen MR) is 106 cm³/mol. The molecule has 4 rings (SSSR count). The summed E-state index contributed by atoms with van der Waals surface area (Å²) in [6.07, 6.45) is 7.09. The maximum absolute atomic E-state index is 12.9. The van der Waals surface area contributed by atoms with E-state index in [4.69, 9.17) is 11.5 Å². The van der Waals surface area contributed by atoms with Crippen LogP contribution in [-0.4, -0.2) is 35.0 Å². The van der Waals surface area contributed by atoms with Crippen LogP contribution in [0.15, 0.2) is 36.8 Å². The third-order valence-electron chi connectivity index (χ3n) is 4.55. The van der Waals surface area contributed by atoms with Gasteiger partial charge >= 0.3 is 0 Å². The molecule has 3 aromatic heterocycles. The van der Waals surface area contributed by atoms with Crippen molar-refractivity contribution in [2.24, 2.45) is 5.73 Å². The van der Waals surface area contributed by atoms with Crippen LogP contribution in [0.25, 0.3) is 10.2 Å². The molecule has 1 amide bonds. The van der Waals surface area contributed by atoms with E-state index in [1.165, 1.54) is 11.3 Å². The van der Waals surface area contributed by atoms with Crippen molar-refractivity contribution in [1.82, 2.24) is 9.97 Å². The second kappa shape index (κ2) is 6.89. The Morgan fingerprint density at radius 3 is 3.08 bits per heavy atom. The average molecular weight is 368 g/mol. The third-order valence-corrected chi connectivity index (χ3v) is 5.52. The summed E-state index contributed by atoms with van der Waals surface area (Å²) in [4.78, 5) is 23.6. The number of amides is 1. The van der Waals surface area contributed by atoms with Crippen LogP contribution in [0.2, 0.25) is 0 Å². The molecule has 5 N–H and O–H groups in total. The van der Waals surface area contributed by atoms with Crippen molar-refractivity contribution in [1.29, 1.82) is 0 Å². The molecule has 3 aromatic rings. The first-order valence-corrected chi connectivity index (χ1v) is 9.34. The van der Waals surface area contributed by atoms with Crippen LogP contribution in [0.1, 0.15) is 23.2 Å². The van der Waals surface area contributed by atoms with Crippen molar-refractivity contribution in [3.05, 3.63) is 42.4 Å². The lowest BCUT2D eigenvalue weighted by atomic mass is 10.1. The van der Waals surface area contributed by atoms with Gasteiger partial charge in [0.1, 0.15) is 10.6 Å². The normalized spacial score (nSPS) is 17.4. The second-order valence-electron chi connectivity index (χ2n) is 6.39. The Morgan fingerprint density at radius 2 is 2.23 bits per heavy atom. The van der Waals surface area contributed by atoms with Gasteiger partial charge in [-0.05, 0) is 31.0 Å². The lowest BCUT2D eigenvalue weighted by molar-refractivity contribution is 0.102. The number of nitrogens with two attached hydrogens (primary N) is 2. The molecule has 1 unspecified atom stereocenters. The van der Waals surface area contributed by atoms with Gasteiger partial charge in [0.05, 0.1) is 27.8 Å². The number of carbonyl (C=O) groups is 1. The van der Waals surface area contributed by atoms with Gasteiger partial charge in [0.25, 0.3) is 5.91 Å². The minimum atomic E-state index is -0.275. The molecule has 1 atom stereocenters. The summed E-state index contributed by atoms with van der Waals surface area (Å²) >= 11 is 1.36. The zero-order valence-electron chi connectivity index (χ0n) is 14.2. The fourth-order valence-corrected chi connectivity index (χ4v) is 4.27. The van der Waals surface area contributed by atoms with Crippen molar-refractivity contribution < 1.29 is 4.79 Å². The second-order valence-corrected chi connectivity index (χ2v) is 7.47. The SMILES string of the molecule is Nc1sc2cccnc2c1C(=O)Nc1cnccc1N1CCCC(N)C1. The molecule has 0 bridgehead atoms. The molecule has 0 radical (unpaired) electrons. The quantitative estimate of drug-likeness (QED) is 0.655. The summed E-state index contributed by atoms with van der Waals surface area (Å²) < 4.78 is 0.892. The van der Waals surface area contributed by atoms with Crippen molar-refractivity contribution in [2.45, 2.75) is 18.9 Å². The highest BCUT2D eigenvalue weighted by Crippen LogP contribution is 2.33. The molecule has 4 heterocycles. The molecule has 0 spiro atoms. The smallest absolute Gasteiger partial charge is 0.260 e. The van der Waals surface area contributed by atoms with Gasteiger partial charge in [-0.25, -0.2) is 0 Å². The van der Waals surface area contributed by atoms with Gasteiger partial charge in [0.15, 0.2) is 0 Å². The Hall–Kier alpha value is -2.71. The predicted octanol–water partition coefficient (Wildman–Crippen LogP) is 2.45. The highest BCUT2D eigenvalue weighted by molar-refractivity contribution is 7.23. The van der Waals surface area contributed by atoms with Crippen LogP contribution in [0, 0.1) is 0 Å². The van der Waals surface area contributed by atoms with Gasteiger partial charge in [-0.15, -0.1) is 11.3 Å². The number of nitrogen functional groups attached to an aromatic ring is 1. The van der Waals surface area contributed by atoms with Crippen LogP contribution in [-0.2, 0) is 0 Å². The Labute approximate surface area is 155 Å². The molecule has 8 heteroatoms. The first-order chi connectivity index (χ1) is 12.6. The Bertz CT molecular complexity index is 956. The van der Waals surface area contributed by atoms with Crippen molar-refractivity contribution >= 4 is 43.8 Å². The van der Waals surface area contributed by atoms with Gasteiger partial charge in [-0.2, -0.15) is 0 Å². The van der Waals surface area contributed by atoms with Crippen LogP contribution >= 0.6 is 11.3 Å². The molecule has 26 heavy (non-hydrogen) atoms. The highest BCUT2D eigenvalue weighted by atomic mass is 32.1. The number of piperidine rings is 1. The Kier molecular flexibility index (Phi) is 4.44. The summed E-state index contributed by atoms with van der Waals surface area (Å²) in [5.74, 6) is -0.275. The summed E-state index contributed by atoms with van der Waals surface area (Å²) in [7, 11) is 0. The number of anilines is 3. The van der Waals surface area contributed by atoms with Gasteiger partial charge in [0.2, 0.25) is 0 Å². The fraction of sp³-hybridized carbons (Fsp3) is 0.278. The van der Waals surface area contributed by atoms with Crippen LogP contribution in [0.4, 0.5) is 16.4 Å². The monoisotopic (exact) mass is 368 g/mol. The number of fused-ring (bicyclic) bond motifs is 1. The summed E-state index contributed by atoms with van der Waals surface area (Å²) in [6.45, 7) is 1.67. The Morgan fingerprint density at radius 1 is 1.35 bits per heavy atom. The first-order valence-electron chi connectivity index (χ1n) is 8.52. The minimum absolute atomic E-state index is 0.140. The van der Waals surface area contributed by atoms with Crippen molar-refractivity contribution in [3.63, 3.8) is 0 Å². The maximum atomic E-state index is 12.9. The van der Waals surface area contributed by atoms with Gasteiger partial charge in [-0.3, -0.25) is 14.8 Å². The van der Waals surface area contributed by atoms with Crippen LogP contribution in [0.3, 0.4) is 0 Å². The fourth-order valence-electron chi connectivity index (χ4n) is 3.34. The van der Waals surface area contributed by atoms with E-state index in [-0.39, 0.29) is 11.9 Å². The summed E-state index contributed by atoms with van der Waals surface area (Å²) in [6, 6.07) is 5.78. The summed E-state index contributed by atoms with van der Waals surface area (Å²) in [5, 5.41) is 3.42. The molecule has 1 saturated heterocycles. The van der Waals surface area contributed by atoms with Gasteiger partial charge in [0, 0.05) is 31.5 Å². The lowest BCUT2D eigenvalue weighted by Gasteiger charge is -2.33. The van der Waals surface area contributed by atoms with E-state index in [1.807, 2.05) is 18.2 Å². The minimum Gasteiger partial charge on any atom is -0.390 e. The zero-order valence-corrected chi connectivity index (χ0v) is 15.0. The largest absolute Gasteiger partial charge is 0.390 e. The van der Waals surface area contributed by atoms with Crippen LogP contribution in [0.5, 0.6) is 0 Å². The number of thiophene rings is 1. The molecule has 1 aliphatic heterocycles. The van der Waals surface area contributed by atoms with Crippen molar-refractivity contribution in [3.8, 4) is 0 Å². The first kappa shape index (κ1) is 16.7. The lowest BCUT2D eigenvalue weighted by Crippen LogP contribution is -2.43. The molecule has 134 valence electrons. The topological polar surface area (TPSA) is 110 Å².